The van der Waals surface area contributed by atoms with E-state index in [1.165, 1.54) is 12.1 Å². The summed E-state index contributed by atoms with van der Waals surface area (Å²) >= 11 is 5.89. The van der Waals surface area contributed by atoms with Crippen molar-refractivity contribution in [2.24, 2.45) is 0 Å². The highest BCUT2D eigenvalue weighted by atomic mass is 35.5. The number of fused-ring (bicyclic) bond motifs is 1. The number of imidazole rings is 1. The highest BCUT2D eigenvalue weighted by Crippen LogP contribution is 2.24. The van der Waals surface area contributed by atoms with E-state index in [9.17, 15) is 8.78 Å². The van der Waals surface area contributed by atoms with Crippen LogP contribution in [0, 0.1) is 18.6 Å². The van der Waals surface area contributed by atoms with Crippen molar-refractivity contribution in [3.63, 3.8) is 0 Å². The van der Waals surface area contributed by atoms with E-state index in [4.69, 9.17) is 11.6 Å². The molecule has 0 aliphatic rings. The zero-order chi connectivity index (χ0) is 14.3. The van der Waals surface area contributed by atoms with Gasteiger partial charge in [0.15, 0.2) is 5.65 Å². The Balaban J connectivity index is 2.37. The van der Waals surface area contributed by atoms with Crippen LogP contribution in [0.4, 0.5) is 8.78 Å². The molecule has 3 nitrogen and oxygen atoms in total. The number of alkyl halides is 1. The third-order valence-electron chi connectivity index (χ3n) is 3.04. The SMILES string of the molecule is Cc1ccnc2c1nc(CCl)n2-c1cc(F)cc(F)c1. The number of hydrogen-bond donors (Lipinski definition) is 0. The van der Waals surface area contributed by atoms with Gasteiger partial charge < -0.3 is 0 Å². The Labute approximate surface area is 118 Å². The molecule has 0 saturated heterocycles. The molecule has 0 spiro atoms. The number of pyridine rings is 1. The Kier molecular flexibility index (Phi) is 3.14. The molecule has 6 heteroatoms. The fourth-order valence-corrected chi connectivity index (χ4v) is 2.35. The van der Waals surface area contributed by atoms with Gasteiger partial charge in [-0.15, -0.1) is 11.6 Å². The number of nitrogens with zero attached hydrogens (tertiary/aromatic N) is 3. The van der Waals surface area contributed by atoms with Crippen molar-refractivity contribution < 1.29 is 8.78 Å². The first-order valence-electron chi connectivity index (χ1n) is 5.95. The van der Waals surface area contributed by atoms with Crippen LogP contribution in [0.1, 0.15) is 11.4 Å². The van der Waals surface area contributed by atoms with Crippen LogP contribution in [0.2, 0.25) is 0 Å². The largest absolute Gasteiger partial charge is 0.279 e. The summed E-state index contributed by atoms with van der Waals surface area (Å²) in [6.07, 6.45) is 1.63. The topological polar surface area (TPSA) is 30.7 Å². The fourth-order valence-electron chi connectivity index (χ4n) is 2.17. The number of aryl methyl sites for hydroxylation is 1. The Morgan fingerprint density at radius 3 is 2.55 bits per heavy atom. The highest BCUT2D eigenvalue weighted by Gasteiger charge is 2.15. The summed E-state index contributed by atoms with van der Waals surface area (Å²) in [6.45, 7) is 1.89. The molecule has 0 N–H and O–H groups in total. The van der Waals surface area contributed by atoms with Gasteiger partial charge in [-0.05, 0) is 30.7 Å². The lowest BCUT2D eigenvalue weighted by atomic mass is 10.2. The van der Waals surface area contributed by atoms with Gasteiger partial charge >= 0.3 is 0 Å². The van der Waals surface area contributed by atoms with Crippen molar-refractivity contribution in [1.29, 1.82) is 0 Å². The molecule has 0 radical (unpaired) electrons. The molecule has 0 aliphatic heterocycles. The Hall–Kier alpha value is -2.01. The Bertz CT molecular complexity index is 778. The molecule has 0 amide bonds. The predicted octanol–water partition coefficient (Wildman–Crippen LogP) is 3.75. The van der Waals surface area contributed by atoms with Crippen LogP contribution in [-0.2, 0) is 5.88 Å². The first-order valence-corrected chi connectivity index (χ1v) is 6.49. The molecule has 2 aromatic heterocycles. The molecule has 20 heavy (non-hydrogen) atoms. The molecule has 0 aliphatic carbocycles. The summed E-state index contributed by atoms with van der Waals surface area (Å²) in [6, 6.07) is 5.10. The van der Waals surface area contributed by atoms with Crippen molar-refractivity contribution in [3.8, 4) is 5.69 Å². The van der Waals surface area contributed by atoms with Crippen LogP contribution in [0.25, 0.3) is 16.9 Å². The molecule has 102 valence electrons. The van der Waals surface area contributed by atoms with Crippen molar-refractivity contribution >= 4 is 22.8 Å². The van der Waals surface area contributed by atoms with Crippen molar-refractivity contribution in [2.45, 2.75) is 12.8 Å². The van der Waals surface area contributed by atoms with E-state index < -0.39 is 11.6 Å². The smallest absolute Gasteiger partial charge is 0.164 e. The summed E-state index contributed by atoms with van der Waals surface area (Å²) in [4.78, 5) is 8.63. The molecule has 2 heterocycles. The van der Waals surface area contributed by atoms with E-state index in [-0.39, 0.29) is 5.88 Å². The second kappa shape index (κ2) is 4.83. The van der Waals surface area contributed by atoms with Gasteiger partial charge in [-0.3, -0.25) is 4.57 Å². The van der Waals surface area contributed by atoms with E-state index in [1.54, 1.807) is 10.8 Å². The molecule has 0 saturated carbocycles. The zero-order valence-electron chi connectivity index (χ0n) is 10.6. The molecule has 0 atom stereocenters. The summed E-state index contributed by atoms with van der Waals surface area (Å²) in [5.74, 6) is -0.702. The first kappa shape index (κ1) is 13.0. The normalized spacial score (nSPS) is 11.2. The molecule has 0 bridgehead atoms. The van der Waals surface area contributed by atoms with Crippen molar-refractivity contribution in [3.05, 3.63) is 53.5 Å². The molecule has 0 fully saturated rings. The standard InChI is InChI=1S/C14H10ClF2N3/c1-8-2-3-18-14-13(8)19-12(7-15)20(14)11-5-9(16)4-10(17)6-11/h2-6H,7H2,1H3. The quantitative estimate of drug-likeness (QED) is 0.674. The Morgan fingerprint density at radius 2 is 1.90 bits per heavy atom. The summed E-state index contributed by atoms with van der Waals surface area (Å²) in [5.41, 5.74) is 2.45. The lowest BCUT2D eigenvalue weighted by Crippen LogP contribution is -2.01. The lowest BCUT2D eigenvalue weighted by Gasteiger charge is -2.07. The third-order valence-corrected chi connectivity index (χ3v) is 3.28. The van der Waals surface area contributed by atoms with Crippen LogP contribution in [-0.4, -0.2) is 14.5 Å². The van der Waals surface area contributed by atoms with E-state index in [1.807, 2.05) is 13.0 Å². The van der Waals surface area contributed by atoms with Gasteiger partial charge in [0.2, 0.25) is 0 Å². The van der Waals surface area contributed by atoms with E-state index in [0.29, 0.717) is 22.7 Å². The average molecular weight is 294 g/mol. The highest BCUT2D eigenvalue weighted by molar-refractivity contribution is 6.17. The molecule has 3 rings (SSSR count). The van der Waals surface area contributed by atoms with E-state index in [2.05, 4.69) is 9.97 Å². The lowest BCUT2D eigenvalue weighted by molar-refractivity contribution is 0.581. The number of halogens is 3. The van der Waals surface area contributed by atoms with Gasteiger partial charge in [0.05, 0.1) is 11.6 Å². The maximum atomic E-state index is 13.4. The maximum absolute atomic E-state index is 13.4. The maximum Gasteiger partial charge on any atom is 0.164 e. The summed E-state index contributed by atoms with van der Waals surface area (Å²) in [5, 5.41) is 0. The van der Waals surface area contributed by atoms with Crippen LogP contribution >= 0.6 is 11.6 Å². The number of benzene rings is 1. The van der Waals surface area contributed by atoms with Gasteiger partial charge in [0.25, 0.3) is 0 Å². The predicted molar refractivity (Wildman–Crippen MR) is 73.1 cm³/mol. The van der Waals surface area contributed by atoms with Gasteiger partial charge in [-0.25, -0.2) is 18.7 Å². The van der Waals surface area contributed by atoms with Crippen molar-refractivity contribution in [1.82, 2.24) is 14.5 Å². The van der Waals surface area contributed by atoms with Gasteiger partial charge in [0, 0.05) is 12.3 Å². The van der Waals surface area contributed by atoms with Gasteiger partial charge in [-0.2, -0.15) is 0 Å². The van der Waals surface area contributed by atoms with Crippen LogP contribution in [0.5, 0.6) is 0 Å². The van der Waals surface area contributed by atoms with Gasteiger partial charge in [0.1, 0.15) is 23.0 Å². The second-order valence-corrected chi connectivity index (χ2v) is 4.69. The summed E-state index contributed by atoms with van der Waals surface area (Å²) < 4.78 is 28.4. The monoisotopic (exact) mass is 293 g/mol. The summed E-state index contributed by atoms with van der Waals surface area (Å²) in [7, 11) is 0. The molecular formula is C14H10ClF2N3. The van der Waals surface area contributed by atoms with E-state index >= 15 is 0 Å². The number of aromatic nitrogens is 3. The van der Waals surface area contributed by atoms with Crippen LogP contribution in [0.15, 0.2) is 30.5 Å². The minimum atomic E-state index is -0.657. The first-order chi connectivity index (χ1) is 9.60. The molecule has 3 aromatic rings. The molecule has 1 aromatic carbocycles. The zero-order valence-corrected chi connectivity index (χ0v) is 11.3. The second-order valence-electron chi connectivity index (χ2n) is 4.42. The van der Waals surface area contributed by atoms with Gasteiger partial charge in [-0.1, -0.05) is 0 Å². The minimum Gasteiger partial charge on any atom is -0.279 e. The van der Waals surface area contributed by atoms with Crippen molar-refractivity contribution in [2.75, 3.05) is 0 Å². The fraction of sp³-hybridized carbons (Fsp3) is 0.143. The molecule has 0 unspecified atom stereocenters. The van der Waals surface area contributed by atoms with Crippen LogP contribution < -0.4 is 0 Å². The number of hydrogen-bond acceptors (Lipinski definition) is 2. The molecular weight excluding hydrogens is 284 g/mol. The average Bonchev–Trinajstić information content (AvgIpc) is 2.77. The third kappa shape index (κ3) is 2.04. The van der Waals surface area contributed by atoms with Crippen LogP contribution in [0.3, 0.4) is 0 Å². The Morgan fingerprint density at radius 1 is 1.20 bits per heavy atom. The number of rotatable bonds is 2. The minimum absolute atomic E-state index is 0.119. The van der Waals surface area contributed by atoms with E-state index in [0.717, 1.165) is 11.6 Å².